The van der Waals surface area contributed by atoms with Crippen LogP contribution in [-0.4, -0.2) is 17.6 Å². The molecule has 1 atom stereocenters. The second-order valence-electron chi connectivity index (χ2n) is 4.81. The Kier molecular flexibility index (Phi) is 6.34. The second-order valence-corrected chi connectivity index (χ2v) is 6.22. The lowest BCUT2D eigenvalue weighted by Gasteiger charge is -2.13. The van der Waals surface area contributed by atoms with Crippen LogP contribution in [0.2, 0.25) is 10.3 Å². The fourth-order valence-corrected chi connectivity index (χ4v) is 2.97. The first-order chi connectivity index (χ1) is 10.9. The molecule has 2 rings (SSSR count). The smallest absolute Gasteiger partial charge is 0.306 e. The van der Waals surface area contributed by atoms with E-state index in [9.17, 15) is 9.18 Å². The van der Waals surface area contributed by atoms with Gasteiger partial charge in [-0.05, 0) is 41.9 Å². The zero-order valence-corrected chi connectivity index (χ0v) is 15.1. The number of benzene rings is 1. The van der Waals surface area contributed by atoms with E-state index in [0.29, 0.717) is 29.7 Å². The molecule has 0 aliphatic carbocycles. The number of esters is 1. The van der Waals surface area contributed by atoms with Crippen molar-refractivity contribution < 1.29 is 13.9 Å². The highest BCUT2D eigenvalue weighted by Gasteiger charge is 2.17. The van der Waals surface area contributed by atoms with Gasteiger partial charge in [-0.3, -0.25) is 4.79 Å². The average molecular weight is 374 g/mol. The van der Waals surface area contributed by atoms with Crippen LogP contribution in [-0.2, 0) is 16.0 Å². The molecule has 3 nitrogen and oxygen atoms in total. The van der Waals surface area contributed by atoms with Crippen molar-refractivity contribution in [3.63, 3.8) is 0 Å². The maximum absolute atomic E-state index is 14.3. The first kappa shape index (κ1) is 18.1. The van der Waals surface area contributed by atoms with Crippen LogP contribution in [0.4, 0.5) is 4.39 Å². The highest BCUT2D eigenvalue weighted by Crippen LogP contribution is 2.33. The van der Waals surface area contributed by atoms with Crippen molar-refractivity contribution in [3.8, 4) is 11.1 Å². The van der Waals surface area contributed by atoms with E-state index in [1.165, 1.54) is 6.07 Å². The number of carbonyl (C=O) groups is 1. The van der Waals surface area contributed by atoms with Crippen molar-refractivity contribution in [2.24, 2.45) is 0 Å². The fourth-order valence-electron chi connectivity index (χ4n) is 2.20. The van der Waals surface area contributed by atoms with Gasteiger partial charge >= 0.3 is 5.97 Å². The number of halogens is 3. The lowest BCUT2D eigenvalue weighted by molar-refractivity contribution is -0.143. The molecule has 0 saturated carbocycles. The van der Waals surface area contributed by atoms with Gasteiger partial charge in [0.1, 0.15) is 16.1 Å². The van der Waals surface area contributed by atoms with Gasteiger partial charge in [-0.15, -0.1) is 9.24 Å². The normalized spacial score (nSPS) is 10.7. The Balaban J connectivity index is 2.43. The predicted octanol–water partition coefficient (Wildman–Crippen LogP) is 4.19. The molecule has 0 fully saturated rings. The Morgan fingerprint density at radius 3 is 2.70 bits per heavy atom. The molecule has 0 spiro atoms. The van der Waals surface area contributed by atoms with Crippen molar-refractivity contribution in [1.29, 1.82) is 0 Å². The predicted molar refractivity (Wildman–Crippen MR) is 93.9 cm³/mol. The molecule has 0 radical (unpaired) electrons. The second kappa shape index (κ2) is 8.05. The maximum atomic E-state index is 14.3. The van der Waals surface area contributed by atoms with Gasteiger partial charge in [-0.2, -0.15) is 0 Å². The molecule has 1 unspecified atom stereocenters. The van der Waals surface area contributed by atoms with Gasteiger partial charge in [0.15, 0.2) is 0 Å². The molecular weight excluding hydrogens is 359 g/mol. The Morgan fingerprint density at radius 1 is 1.30 bits per heavy atom. The van der Waals surface area contributed by atoms with Crippen molar-refractivity contribution >= 4 is 43.7 Å². The van der Waals surface area contributed by atoms with E-state index in [-0.39, 0.29) is 22.7 Å². The lowest BCUT2D eigenvalue weighted by Crippen LogP contribution is -2.07. The zero-order chi connectivity index (χ0) is 17.0. The van der Waals surface area contributed by atoms with Gasteiger partial charge in [0.2, 0.25) is 0 Å². The van der Waals surface area contributed by atoms with Crippen molar-refractivity contribution in [3.05, 3.63) is 46.0 Å². The van der Waals surface area contributed by atoms with E-state index >= 15 is 0 Å². The SMILES string of the molecule is CCOC(=O)CCc1c(-c2ccc(P)cc2F)cc(Cl)nc1Cl. The zero-order valence-electron chi connectivity index (χ0n) is 12.4. The molecule has 23 heavy (non-hydrogen) atoms. The largest absolute Gasteiger partial charge is 0.466 e. The molecule has 0 aliphatic heterocycles. The summed E-state index contributed by atoms with van der Waals surface area (Å²) in [7, 11) is 2.43. The molecule has 2 aromatic rings. The molecule has 1 aromatic carbocycles. The average Bonchev–Trinajstić information content (AvgIpc) is 2.46. The molecule has 1 aromatic heterocycles. The molecular formula is C16H15Cl2FNO2P. The van der Waals surface area contributed by atoms with Crippen LogP contribution < -0.4 is 5.30 Å². The van der Waals surface area contributed by atoms with Crippen molar-refractivity contribution in [2.75, 3.05) is 6.61 Å². The number of aromatic nitrogens is 1. The molecule has 7 heteroatoms. The van der Waals surface area contributed by atoms with Crippen molar-refractivity contribution in [1.82, 2.24) is 4.98 Å². The van der Waals surface area contributed by atoms with E-state index in [4.69, 9.17) is 27.9 Å². The quantitative estimate of drug-likeness (QED) is 0.448. The number of nitrogens with zero attached hydrogens (tertiary/aromatic N) is 1. The van der Waals surface area contributed by atoms with Crippen LogP contribution in [0.3, 0.4) is 0 Å². The van der Waals surface area contributed by atoms with E-state index in [1.54, 1.807) is 25.1 Å². The van der Waals surface area contributed by atoms with E-state index < -0.39 is 5.82 Å². The fraction of sp³-hybridized carbons (Fsp3) is 0.250. The minimum absolute atomic E-state index is 0.132. The van der Waals surface area contributed by atoms with Crippen LogP contribution in [0.25, 0.3) is 11.1 Å². The summed E-state index contributed by atoms with van der Waals surface area (Å²) >= 11 is 12.1. The van der Waals surface area contributed by atoms with Gasteiger partial charge < -0.3 is 4.74 Å². The summed E-state index contributed by atoms with van der Waals surface area (Å²) in [5.74, 6) is -0.738. The Bertz CT molecular complexity index is 740. The Labute approximate surface area is 146 Å². The minimum atomic E-state index is -0.395. The third-order valence-electron chi connectivity index (χ3n) is 3.21. The summed E-state index contributed by atoms with van der Waals surface area (Å²) in [6, 6.07) is 6.36. The summed E-state index contributed by atoms with van der Waals surface area (Å²) in [5, 5.41) is 1.05. The first-order valence-electron chi connectivity index (χ1n) is 6.98. The first-order valence-corrected chi connectivity index (χ1v) is 8.31. The Hall–Kier alpha value is -1.22. The van der Waals surface area contributed by atoms with E-state index in [2.05, 4.69) is 14.2 Å². The number of rotatable bonds is 5. The third kappa shape index (κ3) is 4.63. The van der Waals surface area contributed by atoms with Crippen LogP contribution in [0.15, 0.2) is 24.3 Å². The molecule has 0 saturated heterocycles. The topological polar surface area (TPSA) is 39.2 Å². The summed E-state index contributed by atoms with van der Waals surface area (Å²) in [6.07, 6.45) is 0.423. The van der Waals surface area contributed by atoms with Gasteiger partial charge in [-0.1, -0.05) is 35.3 Å². The highest BCUT2D eigenvalue weighted by atomic mass is 35.5. The number of pyridine rings is 1. The van der Waals surface area contributed by atoms with Crippen LogP contribution in [0.5, 0.6) is 0 Å². The molecule has 0 amide bonds. The minimum Gasteiger partial charge on any atom is -0.466 e. The van der Waals surface area contributed by atoms with Gasteiger partial charge in [0.25, 0.3) is 0 Å². The van der Waals surface area contributed by atoms with Crippen LogP contribution in [0.1, 0.15) is 18.9 Å². The van der Waals surface area contributed by atoms with Crippen LogP contribution >= 0.6 is 32.4 Å². The molecule has 0 bridgehead atoms. The maximum Gasteiger partial charge on any atom is 0.306 e. The van der Waals surface area contributed by atoms with Crippen LogP contribution in [0, 0.1) is 5.82 Å². The monoisotopic (exact) mass is 373 g/mol. The standard InChI is InChI=1S/C16H15Cl2FNO2P/c1-2-22-15(21)6-5-11-12(8-14(17)20-16(11)18)10-4-3-9(23)7-13(10)19/h3-4,7-8H,2,5-6,23H2,1H3. The number of hydrogen-bond acceptors (Lipinski definition) is 3. The van der Waals surface area contributed by atoms with E-state index in [0.717, 1.165) is 5.30 Å². The molecule has 0 N–H and O–H groups in total. The van der Waals surface area contributed by atoms with E-state index in [1.807, 2.05) is 0 Å². The molecule has 0 aliphatic rings. The van der Waals surface area contributed by atoms with Gasteiger partial charge in [-0.25, -0.2) is 9.37 Å². The summed E-state index contributed by atoms with van der Waals surface area (Å²) in [4.78, 5) is 15.5. The number of hydrogen-bond donors (Lipinski definition) is 0. The summed E-state index contributed by atoms with van der Waals surface area (Å²) < 4.78 is 19.2. The molecule has 122 valence electrons. The summed E-state index contributed by atoms with van der Waals surface area (Å²) in [5.41, 5.74) is 1.46. The highest BCUT2D eigenvalue weighted by molar-refractivity contribution is 7.27. The van der Waals surface area contributed by atoms with Gasteiger partial charge in [0.05, 0.1) is 6.61 Å². The number of ether oxygens (including phenoxy) is 1. The van der Waals surface area contributed by atoms with Crippen molar-refractivity contribution in [2.45, 2.75) is 19.8 Å². The lowest BCUT2D eigenvalue weighted by atomic mass is 9.98. The third-order valence-corrected chi connectivity index (χ3v) is 4.08. The summed E-state index contributed by atoms with van der Waals surface area (Å²) in [6.45, 7) is 2.04. The van der Waals surface area contributed by atoms with Gasteiger partial charge in [0, 0.05) is 12.0 Å². The molecule has 1 heterocycles. The number of carbonyl (C=O) groups excluding carboxylic acids is 1. The Morgan fingerprint density at radius 2 is 2.04 bits per heavy atom.